The molecule has 7 nitrogen and oxygen atoms in total. The van der Waals surface area contributed by atoms with Gasteiger partial charge in [-0.3, -0.25) is 9.46 Å². The fraction of sp³-hybridized carbons (Fsp3) is 0.538. The van der Waals surface area contributed by atoms with Gasteiger partial charge in [0.15, 0.2) is 0 Å². The monoisotopic (exact) mass is 319 g/mol. The molecule has 1 atom stereocenters. The van der Waals surface area contributed by atoms with Crippen LogP contribution in [0, 0.1) is 0 Å². The molecule has 0 aliphatic rings. The summed E-state index contributed by atoms with van der Waals surface area (Å²) in [7, 11) is -4.29. The summed E-state index contributed by atoms with van der Waals surface area (Å²) < 4.78 is 11.2. The van der Waals surface area contributed by atoms with E-state index in [-0.39, 0.29) is 25.5 Å². The molecule has 8 heteroatoms. The van der Waals surface area contributed by atoms with Crippen molar-refractivity contribution in [2.75, 3.05) is 12.9 Å². The van der Waals surface area contributed by atoms with Gasteiger partial charge in [-0.25, -0.2) is 0 Å². The molecular weight excluding hydrogens is 297 g/mol. The molecule has 0 aliphatic heterocycles. The van der Waals surface area contributed by atoms with E-state index in [0.29, 0.717) is 17.5 Å². The minimum Gasteiger partial charge on any atom is -0.508 e. The Morgan fingerprint density at radius 1 is 1.29 bits per heavy atom. The minimum atomic E-state index is -4.29. The highest BCUT2D eigenvalue weighted by Gasteiger charge is 2.25. The third kappa shape index (κ3) is 5.74. The van der Waals surface area contributed by atoms with E-state index >= 15 is 0 Å². The van der Waals surface area contributed by atoms with Crippen molar-refractivity contribution >= 4 is 7.60 Å². The quantitative estimate of drug-likeness (QED) is 0.445. The molecule has 0 aliphatic carbocycles. The molecule has 120 valence electrons. The number of phenols is 1. The van der Waals surface area contributed by atoms with Gasteiger partial charge in [0, 0.05) is 18.2 Å². The van der Waals surface area contributed by atoms with Crippen LogP contribution in [0.4, 0.5) is 0 Å². The van der Waals surface area contributed by atoms with Crippen molar-refractivity contribution < 1.29 is 29.7 Å². The van der Waals surface area contributed by atoms with E-state index in [0.717, 1.165) is 0 Å². The van der Waals surface area contributed by atoms with Crippen LogP contribution in [0.2, 0.25) is 0 Å². The second kappa shape index (κ2) is 7.89. The Morgan fingerprint density at radius 3 is 2.43 bits per heavy atom. The van der Waals surface area contributed by atoms with Gasteiger partial charge in [-0.2, -0.15) is 0 Å². The zero-order valence-corrected chi connectivity index (χ0v) is 12.8. The first kappa shape index (κ1) is 18.1. The molecule has 1 unspecified atom stereocenters. The molecule has 0 aromatic heterocycles. The standard InChI is InChI=1S/C13H22NO6P/c1-2-12(8-16)14(9-21(18,19)20)6-11-5-10(7-15)3-4-13(11)17/h3-5,12,15-17H,2,6-9H2,1H3,(H2,18,19,20). The van der Waals surface area contributed by atoms with Crippen LogP contribution in [0.5, 0.6) is 5.75 Å². The van der Waals surface area contributed by atoms with Crippen LogP contribution >= 0.6 is 7.60 Å². The molecule has 1 aromatic rings. The largest absolute Gasteiger partial charge is 0.508 e. The Kier molecular flexibility index (Phi) is 6.80. The molecular formula is C13H22NO6P. The molecule has 0 saturated heterocycles. The highest BCUT2D eigenvalue weighted by atomic mass is 31.2. The van der Waals surface area contributed by atoms with E-state index in [2.05, 4.69) is 0 Å². The first-order chi connectivity index (χ1) is 9.80. The van der Waals surface area contributed by atoms with E-state index in [9.17, 15) is 14.8 Å². The van der Waals surface area contributed by atoms with Gasteiger partial charge in [-0.15, -0.1) is 0 Å². The van der Waals surface area contributed by atoms with Crippen molar-refractivity contribution in [1.29, 1.82) is 0 Å². The summed E-state index contributed by atoms with van der Waals surface area (Å²) in [6.07, 6.45) is 0.00577. The Hall–Kier alpha value is -0.950. The van der Waals surface area contributed by atoms with Crippen LogP contribution in [0.25, 0.3) is 0 Å². The Bertz CT molecular complexity index is 499. The fourth-order valence-corrected chi connectivity index (χ4v) is 2.92. The van der Waals surface area contributed by atoms with Gasteiger partial charge in [-0.1, -0.05) is 13.0 Å². The molecule has 0 saturated carbocycles. The highest BCUT2D eigenvalue weighted by Crippen LogP contribution is 2.37. The first-order valence-electron chi connectivity index (χ1n) is 6.61. The predicted molar refractivity (Wildman–Crippen MR) is 77.6 cm³/mol. The Balaban J connectivity index is 3.02. The summed E-state index contributed by atoms with van der Waals surface area (Å²) in [6, 6.07) is 4.15. The molecule has 0 fully saturated rings. The Labute approximate surface area is 123 Å². The smallest absolute Gasteiger partial charge is 0.339 e. The van der Waals surface area contributed by atoms with Crippen LogP contribution in [-0.4, -0.2) is 48.9 Å². The lowest BCUT2D eigenvalue weighted by Gasteiger charge is -2.30. The van der Waals surface area contributed by atoms with Crippen LogP contribution in [0.3, 0.4) is 0 Å². The van der Waals surface area contributed by atoms with E-state index in [1.165, 1.54) is 11.0 Å². The average molecular weight is 319 g/mol. The number of benzene rings is 1. The van der Waals surface area contributed by atoms with Crippen molar-refractivity contribution in [3.05, 3.63) is 29.3 Å². The lowest BCUT2D eigenvalue weighted by Crippen LogP contribution is -2.37. The SMILES string of the molecule is CCC(CO)N(Cc1cc(CO)ccc1O)CP(=O)(O)O. The normalized spacial score (nSPS) is 13.6. The third-order valence-corrected chi connectivity index (χ3v) is 4.00. The zero-order chi connectivity index (χ0) is 16.0. The van der Waals surface area contributed by atoms with Crippen molar-refractivity contribution in [2.45, 2.75) is 32.5 Å². The van der Waals surface area contributed by atoms with Gasteiger partial charge in [0.25, 0.3) is 0 Å². The van der Waals surface area contributed by atoms with Crippen LogP contribution in [0.15, 0.2) is 18.2 Å². The fourth-order valence-electron chi connectivity index (χ4n) is 2.12. The highest BCUT2D eigenvalue weighted by molar-refractivity contribution is 7.51. The first-order valence-corrected chi connectivity index (χ1v) is 8.41. The molecule has 5 N–H and O–H groups in total. The molecule has 0 bridgehead atoms. The minimum absolute atomic E-state index is 0.0179. The van der Waals surface area contributed by atoms with Crippen molar-refractivity contribution in [2.24, 2.45) is 0 Å². The van der Waals surface area contributed by atoms with Gasteiger partial charge in [0.05, 0.1) is 13.2 Å². The lowest BCUT2D eigenvalue weighted by atomic mass is 10.1. The number of rotatable bonds is 8. The van der Waals surface area contributed by atoms with Gasteiger partial charge < -0.3 is 25.1 Å². The third-order valence-electron chi connectivity index (χ3n) is 3.26. The predicted octanol–water partition coefficient (Wildman–Crippen LogP) is 0.593. The number of nitrogens with zero attached hydrogens (tertiary/aromatic N) is 1. The van der Waals surface area contributed by atoms with Crippen LogP contribution in [-0.2, 0) is 17.7 Å². The van der Waals surface area contributed by atoms with E-state index < -0.39 is 19.9 Å². The molecule has 0 radical (unpaired) electrons. The second-order valence-electron chi connectivity index (χ2n) is 4.92. The molecule has 21 heavy (non-hydrogen) atoms. The van der Waals surface area contributed by atoms with E-state index in [4.69, 9.17) is 14.9 Å². The number of aliphatic hydroxyl groups is 2. The van der Waals surface area contributed by atoms with Crippen molar-refractivity contribution in [1.82, 2.24) is 4.90 Å². The number of aromatic hydroxyl groups is 1. The van der Waals surface area contributed by atoms with Crippen molar-refractivity contribution in [3.8, 4) is 5.75 Å². The summed E-state index contributed by atoms with van der Waals surface area (Å²) in [5, 5.41) is 28.3. The van der Waals surface area contributed by atoms with Gasteiger partial charge in [0.2, 0.25) is 0 Å². The maximum Gasteiger partial charge on any atom is 0.339 e. The number of hydrogen-bond donors (Lipinski definition) is 5. The van der Waals surface area contributed by atoms with Crippen LogP contribution < -0.4 is 0 Å². The number of hydrogen-bond acceptors (Lipinski definition) is 5. The summed E-state index contributed by atoms with van der Waals surface area (Å²) >= 11 is 0. The summed E-state index contributed by atoms with van der Waals surface area (Å²) in [5.41, 5.74) is 1.04. The molecule has 1 rings (SSSR count). The maximum absolute atomic E-state index is 11.2. The number of phenolic OH excluding ortho intramolecular Hbond substituents is 1. The van der Waals surface area contributed by atoms with E-state index in [1.54, 1.807) is 19.1 Å². The number of aliphatic hydroxyl groups excluding tert-OH is 2. The summed E-state index contributed by atoms with van der Waals surface area (Å²) in [5.74, 6) is -0.0179. The second-order valence-corrected chi connectivity index (χ2v) is 6.53. The molecule has 0 spiro atoms. The van der Waals surface area contributed by atoms with Crippen LogP contribution in [0.1, 0.15) is 24.5 Å². The molecule has 1 aromatic carbocycles. The Morgan fingerprint density at radius 2 is 1.95 bits per heavy atom. The van der Waals surface area contributed by atoms with Gasteiger partial charge in [-0.05, 0) is 24.1 Å². The topological polar surface area (TPSA) is 121 Å². The van der Waals surface area contributed by atoms with Crippen molar-refractivity contribution in [3.63, 3.8) is 0 Å². The molecule has 0 heterocycles. The summed E-state index contributed by atoms with van der Waals surface area (Å²) in [6.45, 7) is 1.45. The molecule has 0 amide bonds. The zero-order valence-electron chi connectivity index (χ0n) is 11.9. The average Bonchev–Trinajstić information content (AvgIpc) is 2.40. The summed E-state index contributed by atoms with van der Waals surface area (Å²) in [4.78, 5) is 19.8. The maximum atomic E-state index is 11.2. The van der Waals surface area contributed by atoms with E-state index in [1.807, 2.05) is 0 Å². The van der Waals surface area contributed by atoms with Gasteiger partial charge >= 0.3 is 7.60 Å². The lowest BCUT2D eigenvalue weighted by molar-refractivity contribution is 0.123. The van der Waals surface area contributed by atoms with Gasteiger partial charge in [0.1, 0.15) is 12.0 Å².